The van der Waals surface area contributed by atoms with Crippen molar-refractivity contribution in [3.8, 4) is 0 Å². The van der Waals surface area contributed by atoms with Crippen LogP contribution in [0.1, 0.15) is 21.6 Å². The van der Waals surface area contributed by atoms with Gasteiger partial charge in [0.1, 0.15) is 6.54 Å². The van der Waals surface area contributed by atoms with E-state index in [2.05, 4.69) is 5.32 Å². The number of nitrogens with zero attached hydrogens (tertiary/aromatic N) is 1. The molecule has 0 bridgehead atoms. The summed E-state index contributed by atoms with van der Waals surface area (Å²) in [6.45, 7) is 5.53. The Kier molecular flexibility index (Phi) is 5.29. The Labute approximate surface area is 160 Å². The van der Waals surface area contributed by atoms with E-state index in [0.29, 0.717) is 4.91 Å². The molecule has 0 atom stereocenters. The second-order valence-corrected chi connectivity index (χ2v) is 8.08. The van der Waals surface area contributed by atoms with Gasteiger partial charge in [-0.2, -0.15) is 0 Å². The highest BCUT2D eigenvalue weighted by Gasteiger charge is 2.36. The summed E-state index contributed by atoms with van der Waals surface area (Å²) in [4.78, 5) is 39.2. The fraction of sp³-hybridized carbons (Fsp3) is 0.211. The van der Waals surface area contributed by atoms with Crippen molar-refractivity contribution in [1.82, 2.24) is 4.90 Å². The molecule has 1 aromatic heterocycles. The van der Waals surface area contributed by atoms with Crippen molar-refractivity contribution >= 4 is 51.9 Å². The van der Waals surface area contributed by atoms with Crippen LogP contribution in [-0.4, -0.2) is 28.5 Å². The molecule has 5 nitrogen and oxygen atoms in total. The van der Waals surface area contributed by atoms with E-state index in [9.17, 15) is 14.4 Å². The van der Waals surface area contributed by atoms with E-state index in [1.165, 1.54) is 11.3 Å². The quantitative estimate of drug-likeness (QED) is 0.794. The maximum Gasteiger partial charge on any atom is 0.294 e. The molecule has 1 aliphatic heterocycles. The first-order valence-corrected chi connectivity index (χ1v) is 9.71. The number of aryl methyl sites for hydroxylation is 3. The fourth-order valence-electron chi connectivity index (χ4n) is 2.84. The number of amides is 3. The summed E-state index contributed by atoms with van der Waals surface area (Å²) in [5, 5.41) is 4.30. The SMILES string of the molecule is Cc1cc(C)c(NC(=O)CN2C(=O)S/C(=C/c3cccs3)C2=O)c(C)c1. The third kappa shape index (κ3) is 3.89. The number of carbonyl (C=O) groups excluding carboxylic acids is 3. The number of nitrogens with one attached hydrogen (secondary N) is 1. The molecule has 1 aliphatic rings. The molecule has 0 saturated carbocycles. The largest absolute Gasteiger partial charge is 0.324 e. The van der Waals surface area contributed by atoms with Crippen LogP contribution in [0.5, 0.6) is 0 Å². The summed E-state index contributed by atoms with van der Waals surface area (Å²) >= 11 is 2.34. The highest BCUT2D eigenvalue weighted by molar-refractivity contribution is 8.18. The molecule has 0 unspecified atom stereocenters. The average Bonchev–Trinajstić information content (AvgIpc) is 3.15. The number of imide groups is 1. The van der Waals surface area contributed by atoms with Crippen LogP contribution in [0.4, 0.5) is 10.5 Å². The Morgan fingerprint density at radius 3 is 2.50 bits per heavy atom. The van der Waals surface area contributed by atoms with Gasteiger partial charge in [0.05, 0.1) is 4.91 Å². The fourth-order valence-corrected chi connectivity index (χ4v) is 4.40. The maximum absolute atomic E-state index is 12.4. The van der Waals surface area contributed by atoms with Crippen molar-refractivity contribution in [1.29, 1.82) is 0 Å². The van der Waals surface area contributed by atoms with Gasteiger partial charge in [0, 0.05) is 10.6 Å². The van der Waals surface area contributed by atoms with Gasteiger partial charge in [-0.05, 0) is 61.2 Å². The first-order valence-electron chi connectivity index (χ1n) is 8.01. The minimum Gasteiger partial charge on any atom is -0.324 e. The molecule has 7 heteroatoms. The van der Waals surface area contributed by atoms with E-state index in [-0.39, 0.29) is 12.5 Å². The summed E-state index contributed by atoms with van der Waals surface area (Å²) in [5.41, 5.74) is 3.73. The Hall–Kier alpha value is -2.38. The van der Waals surface area contributed by atoms with Crippen LogP contribution in [0, 0.1) is 20.8 Å². The monoisotopic (exact) mass is 386 g/mol. The van der Waals surface area contributed by atoms with Crippen LogP contribution >= 0.6 is 23.1 Å². The van der Waals surface area contributed by atoms with Crippen molar-refractivity contribution < 1.29 is 14.4 Å². The number of benzene rings is 1. The number of thioether (sulfide) groups is 1. The zero-order valence-corrected chi connectivity index (χ0v) is 16.3. The Balaban J connectivity index is 1.72. The van der Waals surface area contributed by atoms with E-state index in [1.54, 1.807) is 6.08 Å². The number of thiophene rings is 1. The molecule has 3 amide bonds. The molecule has 0 spiro atoms. The smallest absolute Gasteiger partial charge is 0.294 e. The van der Waals surface area contributed by atoms with Crippen LogP contribution in [0.2, 0.25) is 0 Å². The van der Waals surface area contributed by atoms with E-state index in [0.717, 1.165) is 43.9 Å². The minimum atomic E-state index is -0.430. The molecule has 134 valence electrons. The molecule has 26 heavy (non-hydrogen) atoms. The molecule has 0 aliphatic carbocycles. The van der Waals surface area contributed by atoms with Gasteiger partial charge in [-0.25, -0.2) is 0 Å². The van der Waals surface area contributed by atoms with Gasteiger partial charge < -0.3 is 5.32 Å². The number of hydrogen-bond acceptors (Lipinski definition) is 5. The van der Waals surface area contributed by atoms with Crippen molar-refractivity contribution in [2.45, 2.75) is 20.8 Å². The molecule has 0 radical (unpaired) electrons. The zero-order chi connectivity index (χ0) is 18.8. The van der Waals surface area contributed by atoms with Crippen molar-refractivity contribution in [3.63, 3.8) is 0 Å². The third-order valence-corrected chi connectivity index (χ3v) is 5.66. The summed E-state index contributed by atoms with van der Waals surface area (Å²) < 4.78 is 0. The van der Waals surface area contributed by atoms with E-state index in [4.69, 9.17) is 0 Å². The summed E-state index contributed by atoms with van der Waals surface area (Å²) in [6.07, 6.45) is 1.68. The Bertz CT molecular complexity index is 894. The average molecular weight is 386 g/mol. The summed E-state index contributed by atoms with van der Waals surface area (Å²) in [6, 6.07) is 7.70. The lowest BCUT2D eigenvalue weighted by atomic mass is 10.1. The Morgan fingerprint density at radius 2 is 1.88 bits per heavy atom. The molecule has 1 N–H and O–H groups in total. The first kappa shape index (κ1) is 18.4. The van der Waals surface area contributed by atoms with Crippen LogP contribution < -0.4 is 5.32 Å². The van der Waals surface area contributed by atoms with Gasteiger partial charge in [0.2, 0.25) is 5.91 Å². The molecule has 2 aromatic rings. The van der Waals surface area contributed by atoms with Gasteiger partial charge in [0.25, 0.3) is 11.1 Å². The standard InChI is InChI=1S/C19H18N2O3S2/c1-11-7-12(2)17(13(3)8-11)20-16(22)10-21-18(23)15(26-19(21)24)9-14-5-4-6-25-14/h4-9H,10H2,1-3H3,(H,20,22)/b15-9+. The van der Waals surface area contributed by atoms with E-state index in [1.807, 2.05) is 50.4 Å². The third-order valence-electron chi connectivity index (χ3n) is 3.93. The number of anilines is 1. The predicted octanol–water partition coefficient (Wildman–Crippen LogP) is 4.35. The van der Waals surface area contributed by atoms with E-state index >= 15 is 0 Å². The van der Waals surface area contributed by atoms with Gasteiger partial charge >= 0.3 is 0 Å². The maximum atomic E-state index is 12.4. The number of rotatable bonds is 4. The number of carbonyl (C=O) groups is 3. The highest BCUT2D eigenvalue weighted by atomic mass is 32.2. The zero-order valence-electron chi connectivity index (χ0n) is 14.7. The van der Waals surface area contributed by atoms with Gasteiger partial charge in [0.15, 0.2) is 0 Å². The second kappa shape index (κ2) is 7.47. The molecule has 1 aromatic carbocycles. The van der Waals surface area contributed by atoms with Crippen LogP contribution in [0.25, 0.3) is 6.08 Å². The molecular formula is C19H18N2O3S2. The normalized spacial score (nSPS) is 15.8. The molecule has 2 heterocycles. The summed E-state index contributed by atoms with van der Waals surface area (Å²) in [7, 11) is 0. The van der Waals surface area contributed by atoms with Crippen molar-refractivity contribution in [2.24, 2.45) is 0 Å². The topological polar surface area (TPSA) is 66.5 Å². The van der Waals surface area contributed by atoms with Crippen LogP contribution in [-0.2, 0) is 9.59 Å². The highest BCUT2D eigenvalue weighted by Crippen LogP contribution is 2.33. The van der Waals surface area contributed by atoms with Crippen LogP contribution in [0.15, 0.2) is 34.6 Å². The lowest BCUT2D eigenvalue weighted by molar-refractivity contribution is -0.127. The molecular weight excluding hydrogens is 368 g/mol. The van der Waals surface area contributed by atoms with Gasteiger partial charge in [-0.15, -0.1) is 11.3 Å². The minimum absolute atomic E-state index is 0.292. The van der Waals surface area contributed by atoms with Crippen LogP contribution in [0.3, 0.4) is 0 Å². The number of hydrogen-bond donors (Lipinski definition) is 1. The predicted molar refractivity (Wildman–Crippen MR) is 106 cm³/mol. The molecule has 1 saturated heterocycles. The first-order chi connectivity index (χ1) is 12.3. The lowest BCUT2D eigenvalue weighted by Crippen LogP contribution is -2.36. The summed E-state index contributed by atoms with van der Waals surface area (Å²) in [5.74, 6) is -0.819. The van der Waals surface area contributed by atoms with E-state index < -0.39 is 11.1 Å². The molecule has 3 rings (SSSR count). The lowest BCUT2D eigenvalue weighted by Gasteiger charge is -2.15. The Morgan fingerprint density at radius 1 is 1.19 bits per heavy atom. The van der Waals surface area contributed by atoms with Crippen molar-refractivity contribution in [2.75, 3.05) is 11.9 Å². The second-order valence-electron chi connectivity index (χ2n) is 6.11. The molecule has 1 fully saturated rings. The van der Waals surface area contributed by atoms with Gasteiger partial charge in [-0.1, -0.05) is 23.8 Å². The van der Waals surface area contributed by atoms with Gasteiger partial charge in [-0.3, -0.25) is 19.3 Å². The van der Waals surface area contributed by atoms with Crippen molar-refractivity contribution in [3.05, 3.63) is 56.1 Å².